The van der Waals surface area contributed by atoms with Crippen LogP contribution >= 0.6 is 0 Å². The van der Waals surface area contributed by atoms with Gasteiger partial charge in [-0.15, -0.1) is 0 Å². The highest BCUT2D eigenvalue weighted by atomic mass is 32.2. The van der Waals surface area contributed by atoms with Crippen molar-refractivity contribution in [2.24, 2.45) is 0 Å². The number of hydrogen-bond acceptors (Lipinski definition) is 7. The molecule has 0 spiro atoms. The summed E-state index contributed by atoms with van der Waals surface area (Å²) < 4.78 is 17.2. The lowest BCUT2D eigenvalue weighted by atomic mass is 9.86. The number of benzene rings is 1. The quantitative estimate of drug-likeness (QED) is 0.422. The molecule has 2 atom stereocenters. The topological polar surface area (TPSA) is 144 Å². The summed E-state index contributed by atoms with van der Waals surface area (Å²) in [5.41, 5.74) is -0.538. The van der Waals surface area contributed by atoms with Crippen molar-refractivity contribution in [1.82, 2.24) is 9.97 Å². The Bertz CT molecular complexity index is 1030. The molecule has 28 heavy (non-hydrogen) atoms. The van der Waals surface area contributed by atoms with Crippen LogP contribution in [0.2, 0.25) is 0 Å². The molecule has 10 nitrogen and oxygen atoms in total. The first-order valence-electron chi connectivity index (χ1n) is 8.50. The number of nitrogens with one attached hydrogen (secondary N) is 2. The molecule has 2 aromatic rings. The smallest absolute Gasteiger partial charge is 0.276 e. The molecule has 1 aliphatic rings. The molecule has 2 N–H and O–H groups in total. The number of nitrogens with zero attached hydrogens (tertiary/aromatic N) is 2. The number of aromatic amines is 1. The SMILES string of the molecule is CCCS(=O)c1nc2c(c(=O)[nH]1)[C@H](c1ccc(OC)cc1[N+](=O)[O-])CC(=O)N2. The first-order chi connectivity index (χ1) is 13.3. The van der Waals surface area contributed by atoms with E-state index in [2.05, 4.69) is 15.3 Å². The van der Waals surface area contributed by atoms with E-state index < -0.39 is 33.1 Å². The Balaban J connectivity index is 2.17. The molecule has 0 saturated carbocycles. The highest BCUT2D eigenvalue weighted by Crippen LogP contribution is 2.39. The summed E-state index contributed by atoms with van der Waals surface area (Å²) in [6.07, 6.45) is 0.475. The standard InChI is InChI=1S/C17H18N4O6S/c1-3-6-28(26)17-19-15-14(16(23)20-17)11(8-13(22)18-15)10-5-4-9(27-2)7-12(10)21(24)25/h4-5,7,11H,3,6,8H2,1-2H3,(H2,18,19,20,22,23)/t11-,28?/m0/s1. The molecule has 0 radical (unpaired) electrons. The van der Waals surface area contributed by atoms with E-state index in [1.807, 2.05) is 6.92 Å². The summed E-state index contributed by atoms with van der Waals surface area (Å²) in [5.74, 6) is -0.723. The molecule has 3 rings (SSSR count). The third-order valence-electron chi connectivity index (χ3n) is 4.34. The van der Waals surface area contributed by atoms with Crippen molar-refractivity contribution in [1.29, 1.82) is 0 Å². The minimum absolute atomic E-state index is 0.0189. The molecule has 1 aromatic carbocycles. The summed E-state index contributed by atoms with van der Waals surface area (Å²) in [5, 5.41) is 14.0. The number of ether oxygens (including phenoxy) is 1. The van der Waals surface area contributed by atoms with E-state index in [4.69, 9.17) is 4.74 Å². The van der Waals surface area contributed by atoms with Crippen LogP contribution in [0.4, 0.5) is 11.5 Å². The zero-order valence-corrected chi connectivity index (χ0v) is 16.0. The maximum absolute atomic E-state index is 12.7. The predicted molar refractivity (Wildman–Crippen MR) is 101 cm³/mol. The van der Waals surface area contributed by atoms with Crippen molar-refractivity contribution in [3.05, 3.63) is 49.8 Å². The second-order valence-electron chi connectivity index (χ2n) is 6.17. The van der Waals surface area contributed by atoms with Gasteiger partial charge in [0.2, 0.25) is 11.1 Å². The molecule has 0 aliphatic carbocycles. The Labute approximate surface area is 161 Å². The summed E-state index contributed by atoms with van der Waals surface area (Å²) in [4.78, 5) is 42.5. The highest BCUT2D eigenvalue weighted by Gasteiger charge is 2.35. The van der Waals surface area contributed by atoms with Crippen LogP contribution in [-0.2, 0) is 15.6 Å². The third kappa shape index (κ3) is 3.65. The van der Waals surface area contributed by atoms with E-state index in [0.717, 1.165) is 0 Å². The number of fused-ring (bicyclic) bond motifs is 1. The van der Waals surface area contributed by atoms with Crippen LogP contribution in [0.5, 0.6) is 5.75 Å². The van der Waals surface area contributed by atoms with Gasteiger partial charge in [-0.05, 0) is 18.6 Å². The Kier molecular flexibility index (Phi) is 5.54. The lowest BCUT2D eigenvalue weighted by molar-refractivity contribution is -0.385. The fraction of sp³-hybridized carbons (Fsp3) is 0.353. The van der Waals surface area contributed by atoms with Gasteiger partial charge in [0.25, 0.3) is 11.2 Å². The molecule has 148 valence electrons. The summed E-state index contributed by atoms with van der Waals surface area (Å²) in [6, 6.07) is 4.24. The average molecular weight is 406 g/mol. The average Bonchev–Trinajstić information content (AvgIpc) is 2.66. The number of carbonyl (C=O) groups excluding carboxylic acids is 1. The van der Waals surface area contributed by atoms with Crippen LogP contribution in [0.15, 0.2) is 28.2 Å². The predicted octanol–water partition coefficient (Wildman–Crippen LogP) is 1.68. The van der Waals surface area contributed by atoms with Crippen LogP contribution in [0.1, 0.15) is 36.8 Å². The number of methoxy groups -OCH3 is 1. The molecule has 1 unspecified atom stereocenters. The number of nitro benzene ring substituents is 1. The zero-order chi connectivity index (χ0) is 20.4. The van der Waals surface area contributed by atoms with Crippen molar-refractivity contribution < 1.29 is 18.7 Å². The van der Waals surface area contributed by atoms with Crippen molar-refractivity contribution in [3.8, 4) is 5.75 Å². The van der Waals surface area contributed by atoms with Gasteiger partial charge in [0, 0.05) is 23.7 Å². The highest BCUT2D eigenvalue weighted by molar-refractivity contribution is 7.84. The Hall–Kier alpha value is -3.08. The maximum Gasteiger partial charge on any atom is 0.276 e. The van der Waals surface area contributed by atoms with Gasteiger partial charge in [0.15, 0.2) is 0 Å². The van der Waals surface area contributed by atoms with Crippen LogP contribution in [0.25, 0.3) is 0 Å². The zero-order valence-electron chi connectivity index (χ0n) is 15.2. The molecular formula is C17H18N4O6S. The molecule has 0 saturated heterocycles. The largest absolute Gasteiger partial charge is 0.497 e. The van der Waals surface area contributed by atoms with E-state index in [1.165, 1.54) is 25.3 Å². The van der Waals surface area contributed by atoms with E-state index in [0.29, 0.717) is 12.2 Å². The molecule has 0 fully saturated rings. The second kappa shape index (κ2) is 7.89. The number of amides is 1. The van der Waals surface area contributed by atoms with Gasteiger partial charge in [-0.1, -0.05) is 6.92 Å². The van der Waals surface area contributed by atoms with Gasteiger partial charge in [-0.3, -0.25) is 28.9 Å². The van der Waals surface area contributed by atoms with E-state index >= 15 is 0 Å². The van der Waals surface area contributed by atoms with Crippen LogP contribution < -0.4 is 15.6 Å². The maximum atomic E-state index is 12.7. The normalized spacial score (nSPS) is 16.8. The number of aromatic nitrogens is 2. The van der Waals surface area contributed by atoms with Gasteiger partial charge in [0.05, 0.1) is 34.5 Å². The molecule has 11 heteroatoms. The number of H-pyrrole nitrogens is 1. The van der Waals surface area contributed by atoms with Gasteiger partial charge >= 0.3 is 0 Å². The van der Waals surface area contributed by atoms with Crippen molar-refractivity contribution >= 4 is 28.2 Å². The van der Waals surface area contributed by atoms with E-state index in [-0.39, 0.29) is 40.0 Å². The van der Waals surface area contributed by atoms with Crippen molar-refractivity contribution in [2.45, 2.75) is 30.8 Å². The third-order valence-corrected chi connectivity index (χ3v) is 5.75. The second-order valence-corrected chi connectivity index (χ2v) is 7.66. The van der Waals surface area contributed by atoms with Gasteiger partial charge in [0.1, 0.15) is 11.6 Å². The lowest BCUT2D eigenvalue weighted by Crippen LogP contribution is -2.32. The van der Waals surface area contributed by atoms with Crippen molar-refractivity contribution in [3.63, 3.8) is 0 Å². The van der Waals surface area contributed by atoms with Crippen LogP contribution in [-0.4, -0.2) is 37.9 Å². The van der Waals surface area contributed by atoms with Crippen LogP contribution in [0, 0.1) is 10.1 Å². The monoisotopic (exact) mass is 406 g/mol. The molecule has 1 amide bonds. The molecule has 2 heterocycles. The molecular weight excluding hydrogens is 388 g/mol. The Morgan fingerprint density at radius 3 is 2.79 bits per heavy atom. The number of carbonyl (C=O) groups is 1. The fourth-order valence-corrected chi connectivity index (χ4v) is 4.07. The molecule has 0 bridgehead atoms. The lowest BCUT2D eigenvalue weighted by Gasteiger charge is -2.24. The minimum atomic E-state index is -1.52. The fourth-order valence-electron chi connectivity index (χ4n) is 3.11. The number of hydrogen-bond donors (Lipinski definition) is 2. The van der Waals surface area contributed by atoms with E-state index in [9.17, 15) is 23.9 Å². The van der Waals surface area contributed by atoms with Gasteiger partial charge in [-0.2, -0.15) is 0 Å². The summed E-state index contributed by atoms with van der Waals surface area (Å²) in [6.45, 7) is 1.84. The number of nitro groups is 1. The first-order valence-corrected chi connectivity index (χ1v) is 9.82. The molecule has 1 aromatic heterocycles. The molecule has 1 aliphatic heterocycles. The van der Waals surface area contributed by atoms with Gasteiger partial charge < -0.3 is 10.1 Å². The number of rotatable bonds is 6. The van der Waals surface area contributed by atoms with Gasteiger partial charge in [-0.25, -0.2) is 4.98 Å². The minimum Gasteiger partial charge on any atom is -0.497 e. The summed E-state index contributed by atoms with van der Waals surface area (Å²) in [7, 11) is -0.134. The Morgan fingerprint density at radius 1 is 1.39 bits per heavy atom. The van der Waals surface area contributed by atoms with Crippen LogP contribution in [0.3, 0.4) is 0 Å². The number of anilines is 1. The summed E-state index contributed by atoms with van der Waals surface area (Å²) >= 11 is 0. The van der Waals surface area contributed by atoms with E-state index in [1.54, 1.807) is 0 Å². The van der Waals surface area contributed by atoms with Crippen molar-refractivity contribution in [2.75, 3.05) is 18.2 Å². The first kappa shape index (κ1) is 19.7. The Morgan fingerprint density at radius 2 is 2.14 bits per heavy atom.